The van der Waals surface area contributed by atoms with Gasteiger partial charge in [-0.25, -0.2) is 0 Å². The van der Waals surface area contributed by atoms with Crippen molar-refractivity contribution in [1.82, 2.24) is 0 Å². The van der Waals surface area contributed by atoms with Gasteiger partial charge >= 0.3 is 6.36 Å². The summed E-state index contributed by atoms with van der Waals surface area (Å²) < 4.78 is 40.6. The Morgan fingerprint density at radius 2 is 1.94 bits per heavy atom. The standard InChI is InChI=1S/C10H9Br2F3O/c11-5-1-2-7-6-8(3-4-9(7)12)16-10(13,14)15/h3-4,6H,1-2,5H2. The zero-order chi connectivity index (χ0) is 12.2. The van der Waals surface area contributed by atoms with Crippen molar-refractivity contribution < 1.29 is 17.9 Å². The van der Waals surface area contributed by atoms with E-state index in [1.807, 2.05) is 0 Å². The Bertz CT molecular complexity index is 352. The fraction of sp³-hybridized carbons (Fsp3) is 0.400. The van der Waals surface area contributed by atoms with Gasteiger partial charge in [0, 0.05) is 9.80 Å². The molecule has 0 N–H and O–H groups in total. The van der Waals surface area contributed by atoms with Crippen LogP contribution in [0.2, 0.25) is 0 Å². The maximum absolute atomic E-state index is 12.0. The van der Waals surface area contributed by atoms with E-state index in [0.29, 0.717) is 6.42 Å². The van der Waals surface area contributed by atoms with E-state index < -0.39 is 6.36 Å². The molecule has 1 rings (SSSR count). The molecule has 0 aliphatic carbocycles. The summed E-state index contributed by atoms with van der Waals surface area (Å²) in [6.45, 7) is 0. The highest BCUT2D eigenvalue weighted by molar-refractivity contribution is 9.10. The third-order valence-electron chi connectivity index (χ3n) is 1.83. The zero-order valence-corrected chi connectivity index (χ0v) is 11.3. The molecule has 0 amide bonds. The highest BCUT2D eigenvalue weighted by Gasteiger charge is 2.31. The first-order valence-electron chi connectivity index (χ1n) is 4.52. The van der Waals surface area contributed by atoms with Crippen LogP contribution in [0.25, 0.3) is 0 Å². The molecule has 0 atom stereocenters. The van der Waals surface area contributed by atoms with E-state index in [1.54, 1.807) is 6.07 Å². The van der Waals surface area contributed by atoms with Gasteiger partial charge < -0.3 is 4.74 Å². The predicted octanol–water partition coefficient (Wildman–Crippen LogP) is 4.68. The number of rotatable bonds is 4. The summed E-state index contributed by atoms with van der Waals surface area (Å²) in [4.78, 5) is 0. The molecule has 0 aromatic heterocycles. The van der Waals surface area contributed by atoms with Crippen molar-refractivity contribution >= 4 is 31.9 Å². The van der Waals surface area contributed by atoms with Gasteiger partial charge in [-0.15, -0.1) is 13.2 Å². The van der Waals surface area contributed by atoms with Crippen LogP contribution in [-0.4, -0.2) is 11.7 Å². The van der Waals surface area contributed by atoms with Crippen LogP contribution in [-0.2, 0) is 6.42 Å². The predicted molar refractivity (Wildman–Crippen MR) is 62.9 cm³/mol. The average molecular weight is 362 g/mol. The van der Waals surface area contributed by atoms with Crippen molar-refractivity contribution in [3.63, 3.8) is 0 Å². The highest BCUT2D eigenvalue weighted by atomic mass is 79.9. The first-order chi connectivity index (χ1) is 7.42. The number of ether oxygens (including phenoxy) is 1. The van der Waals surface area contributed by atoms with Gasteiger partial charge in [-0.05, 0) is 36.6 Å². The largest absolute Gasteiger partial charge is 0.573 e. The molecule has 0 aliphatic rings. The molecule has 0 aliphatic heterocycles. The van der Waals surface area contributed by atoms with Gasteiger partial charge in [0.15, 0.2) is 0 Å². The van der Waals surface area contributed by atoms with Gasteiger partial charge in [0.05, 0.1) is 0 Å². The fourth-order valence-electron chi connectivity index (χ4n) is 1.20. The van der Waals surface area contributed by atoms with Crippen molar-refractivity contribution in [2.45, 2.75) is 19.2 Å². The van der Waals surface area contributed by atoms with E-state index in [2.05, 4.69) is 36.6 Å². The molecule has 90 valence electrons. The summed E-state index contributed by atoms with van der Waals surface area (Å²) in [5.74, 6) is -0.180. The Kier molecular flexibility index (Phi) is 5.11. The molecule has 16 heavy (non-hydrogen) atoms. The Morgan fingerprint density at radius 1 is 1.25 bits per heavy atom. The molecule has 0 saturated heterocycles. The summed E-state index contributed by atoms with van der Waals surface area (Å²) >= 11 is 6.56. The number of hydrogen-bond acceptors (Lipinski definition) is 1. The van der Waals surface area contributed by atoms with Crippen LogP contribution in [0.15, 0.2) is 22.7 Å². The molecule has 1 aromatic rings. The van der Waals surface area contributed by atoms with E-state index in [4.69, 9.17) is 0 Å². The summed E-state index contributed by atoms with van der Waals surface area (Å²) in [6, 6.07) is 4.25. The topological polar surface area (TPSA) is 9.23 Å². The van der Waals surface area contributed by atoms with Gasteiger partial charge in [0.25, 0.3) is 0 Å². The van der Waals surface area contributed by atoms with Gasteiger partial charge in [0.1, 0.15) is 5.75 Å². The van der Waals surface area contributed by atoms with E-state index in [0.717, 1.165) is 21.8 Å². The van der Waals surface area contributed by atoms with Crippen LogP contribution in [0.1, 0.15) is 12.0 Å². The molecular weight excluding hydrogens is 353 g/mol. The van der Waals surface area contributed by atoms with Crippen molar-refractivity contribution in [2.24, 2.45) is 0 Å². The molecule has 0 unspecified atom stereocenters. The van der Waals surface area contributed by atoms with Crippen LogP contribution in [0.5, 0.6) is 5.75 Å². The van der Waals surface area contributed by atoms with Crippen molar-refractivity contribution in [1.29, 1.82) is 0 Å². The lowest BCUT2D eigenvalue weighted by Crippen LogP contribution is -2.17. The van der Waals surface area contributed by atoms with Gasteiger partial charge in [-0.1, -0.05) is 31.9 Å². The number of aryl methyl sites for hydroxylation is 1. The molecule has 0 bridgehead atoms. The maximum Gasteiger partial charge on any atom is 0.573 e. The van der Waals surface area contributed by atoms with Gasteiger partial charge in [-0.2, -0.15) is 0 Å². The Balaban J connectivity index is 2.81. The first-order valence-corrected chi connectivity index (χ1v) is 6.44. The summed E-state index contributed by atoms with van der Waals surface area (Å²) in [7, 11) is 0. The molecule has 6 heteroatoms. The summed E-state index contributed by atoms with van der Waals surface area (Å²) in [5.41, 5.74) is 0.807. The Morgan fingerprint density at radius 3 is 2.50 bits per heavy atom. The lowest BCUT2D eigenvalue weighted by molar-refractivity contribution is -0.274. The van der Waals surface area contributed by atoms with Crippen molar-refractivity contribution in [3.05, 3.63) is 28.2 Å². The third kappa shape index (κ3) is 4.74. The minimum atomic E-state index is -4.64. The number of benzene rings is 1. The Labute approximate surface area is 108 Å². The normalized spacial score (nSPS) is 11.6. The smallest absolute Gasteiger partial charge is 0.406 e. The van der Waals surface area contributed by atoms with E-state index in [1.165, 1.54) is 12.1 Å². The second-order valence-electron chi connectivity index (χ2n) is 3.09. The molecule has 0 spiro atoms. The number of halogens is 5. The Hall–Kier alpha value is -0.230. The first kappa shape index (κ1) is 13.8. The quantitative estimate of drug-likeness (QED) is 0.708. The molecule has 0 fully saturated rings. The lowest BCUT2D eigenvalue weighted by atomic mass is 10.1. The van der Waals surface area contributed by atoms with E-state index >= 15 is 0 Å². The molecule has 0 saturated carbocycles. The third-order valence-corrected chi connectivity index (χ3v) is 3.16. The maximum atomic E-state index is 12.0. The number of hydrogen-bond donors (Lipinski definition) is 0. The zero-order valence-electron chi connectivity index (χ0n) is 8.15. The van der Waals surface area contributed by atoms with Crippen molar-refractivity contribution in [2.75, 3.05) is 5.33 Å². The number of alkyl halides is 4. The summed E-state index contributed by atoms with van der Waals surface area (Å²) in [6.07, 6.45) is -3.09. The fourth-order valence-corrected chi connectivity index (χ4v) is 1.92. The molecule has 0 heterocycles. The second kappa shape index (κ2) is 5.91. The minimum Gasteiger partial charge on any atom is -0.406 e. The van der Waals surface area contributed by atoms with Crippen LogP contribution in [0.4, 0.5) is 13.2 Å². The van der Waals surface area contributed by atoms with Crippen LogP contribution < -0.4 is 4.74 Å². The van der Waals surface area contributed by atoms with Gasteiger partial charge in [-0.3, -0.25) is 0 Å². The molecule has 1 aromatic carbocycles. The summed E-state index contributed by atoms with van der Waals surface area (Å²) in [5, 5.41) is 0.809. The van der Waals surface area contributed by atoms with Crippen LogP contribution >= 0.6 is 31.9 Å². The minimum absolute atomic E-state index is 0.180. The monoisotopic (exact) mass is 360 g/mol. The average Bonchev–Trinajstić information content (AvgIpc) is 2.17. The van der Waals surface area contributed by atoms with Crippen LogP contribution in [0.3, 0.4) is 0 Å². The van der Waals surface area contributed by atoms with Crippen LogP contribution in [0, 0.1) is 0 Å². The molecule has 1 nitrogen and oxygen atoms in total. The SMILES string of the molecule is FC(F)(F)Oc1ccc(Br)c(CCCBr)c1. The lowest BCUT2D eigenvalue weighted by Gasteiger charge is -2.11. The van der Waals surface area contributed by atoms with E-state index in [-0.39, 0.29) is 5.75 Å². The van der Waals surface area contributed by atoms with E-state index in [9.17, 15) is 13.2 Å². The van der Waals surface area contributed by atoms with Crippen molar-refractivity contribution in [3.8, 4) is 5.75 Å². The van der Waals surface area contributed by atoms with Gasteiger partial charge in [0.2, 0.25) is 0 Å². The highest BCUT2D eigenvalue weighted by Crippen LogP contribution is 2.28. The second-order valence-corrected chi connectivity index (χ2v) is 4.74. The molecular formula is C10H9Br2F3O. The molecule has 0 radical (unpaired) electrons.